The molecule has 0 bridgehead atoms. The fraction of sp³-hybridized carbons (Fsp3) is 0.316. The van der Waals surface area contributed by atoms with Crippen LogP contribution in [0.5, 0.6) is 0 Å². The van der Waals surface area contributed by atoms with E-state index in [4.69, 9.17) is 4.52 Å². The van der Waals surface area contributed by atoms with E-state index in [2.05, 4.69) is 15.6 Å². The van der Waals surface area contributed by atoms with Gasteiger partial charge < -0.3 is 9.84 Å². The number of hydrogen-bond acceptors (Lipinski definition) is 4. The summed E-state index contributed by atoms with van der Waals surface area (Å²) in [5.74, 6) is 0.379. The van der Waals surface area contributed by atoms with Gasteiger partial charge in [-0.15, -0.1) is 0 Å². The minimum atomic E-state index is -4.46. The van der Waals surface area contributed by atoms with Crippen LogP contribution in [0.15, 0.2) is 41.1 Å². The van der Waals surface area contributed by atoms with Crippen LogP contribution in [-0.4, -0.2) is 20.8 Å². The van der Waals surface area contributed by atoms with Gasteiger partial charge in [0.1, 0.15) is 5.76 Å². The van der Waals surface area contributed by atoms with Crippen LogP contribution in [0.1, 0.15) is 48.1 Å². The van der Waals surface area contributed by atoms with Gasteiger partial charge >= 0.3 is 6.18 Å². The van der Waals surface area contributed by atoms with E-state index in [0.717, 1.165) is 12.1 Å². The van der Waals surface area contributed by atoms with Gasteiger partial charge in [-0.05, 0) is 25.1 Å². The predicted molar refractivity (Wildman–Crippen MR) is 96.5 cm³/mol. The summed E-state index contributed by atoms with van der Waals surface area (Å²) in [7, 11) is 0. The van der Waals surface area contributed by atoms with Gasteiger partial charge in [0.2, 0.25) is 0 Å². The minimum absolute atomic E-state index is 0.211. The van der Waals surface area contributed by atoms with Gasteiger partial charge in [0.15, 0.2) is 5.82 Å². The molecule has 0 aliphatic rings. The quantitative estimate of drug-likeness (QED) is 0.699. The van der Waals surface area contributed by atoms with E-state index < -0.39 is 17.6 Å². The Morgan fingerprint density at radius 2 is 1.89 bits per heavy atom. The molecule has 2 aromatic heterocycles. The molecule has 0 spiro atoms. The maximum atomic E-state index is 12.9. The van der Waals surface area contributed by atoms with Crippen molar-refractivity contribution >= 4 is 11.7 Å². The van der Waals surface area contributed by atoms with E-state index in [1.165, 1.54) is 23.0 Å². The molecule has 0 atom stereocenters. The molecule has 0 fully saturated rings. The normalized spacial score (nSPS) is 12.2. The molecule has 9 heteroatoms. The van der Waals surface area contributed by atoms with E-state index in [1.807, 2.05) is 20.8 Å². The number of carbonyl (C=O) groups excluding carboxylic acids is 1. The molecule has 148 valence electrons. The number of anilines is 1. The first-order valence-corrected chi connectivity index (χ1v) is 8.47. The number of alkyl halides is 3. The topological polar surface area (TPSA) is 73.0 Å². The summed E-state index contributed by atoms with van der Waals surface area (Å²) < 4.78 is 45.3. The fourth-order valence-corrected chi connectivity index (χ4v) is 2.58. The first kappa shape index (κ1) is 19.7. The minimum Gasteiger partial charge on any atom is -0.359 e. The second-order valence-corrected chi connectivity index (χ2v) is 7.38. The molecule has 1 N–H and O–H groups in total. The summed E-state index contributed by atoms with van der Waals surface area (Å²) in [6, 6.07) is 6.37. The highest BCUT2D eigenvalue weighted by molar-refractivity contribution is 6.04. The van der Waals surface area contributed by atoms with Crippen molar-refractivity contribution in [1.29, 1.82) is 0 Å². The molecule has 0 saturated carbocycles. The summed E-state index contributed by atoms with van der Waals surface area (Å²) in [5.41, 5.74) is -0.222. The number of nitrogens with one attached hydrogen (secondary N) is 1. The van der Waals surface area contributed by atoms with E-state index in [-0.39, 0.29) is 22.5 Å². The first-order chi connectivity index (χ1) is 13.0. The Hall–Kier alpha value is -3.10. The third kappa shape index (κ3) is 3.92. The number of benzene rings is 1. The van der Waals surface area contributed by atoms with Gasteiger partial charge in [-0.25, -0.2) is 4.68 Å². The lowest BCUT2D eigenvalue weighted by molar-refractivity contribution is -0.137. The highest BCUT2D eigenvalue weighted by atomic mass is 19.4. The Kier molecular flexibility index (Phi) is 4.78. The van der Waals surface area contributed by atoms with Gasteiger partial charge in [0, 0.05) is 11.5 Å². The lowest BCUT2D eigenvalue weighted by Crippen LogP contribution is -2.14. The van der Waals surface area contributed by atoms with E-state index in [1.54, 1.807) is 13.0 Å². The Bertz CT molecular complexity index is 1010. The second-order valence-electron chi connectivity index (χ2n) is 7.38. The van der Waals surface area contributed by atoms with Crippen molar-refractivity contribution in [2.24, 2.45) is 0 Å². The largest absolute Gasteiger partial charge is 0.416 e. The lowest BCUT2D eigenvalue weighted by Gasteiger charge is -2.12. The zero-order valence-electron chi connectivity index (χ0n) is 15.8. The van der Waals surface area contributed by atoms with Crippen LogP contribution in [0.3, 0.4) is 0 Å². The van der Waals surface area contributed by atoms with Crippen molar-refractivity contribution in [3.8, 4) is 5.69 Å². The van der Waals surface area contributed by atoms with E-state index in [0.29, 0.717) is 11.5 Å². The number of halogens is 3. The summed E-state index contributed by atoms with van der Waals surface area (Å²) >= 11 is 0. The highest BCUT2D eigenvalue weighted by Crippen LogP contribution is 2.30. The van der Waals surface area contributed by atoms with Crippen LogP contribution < -0.4 is 5.32 Å². The van der Waals surface area contributed by atoms with Crippen LogP contribution in [-0.2, 0) is 11.6 Å². The maximum absolute atomic E-state index is 12.9. The number of amides is 1. The van der Waals surface area contributed by atoms with Crippen LogP contribution in [0.4, 0.5) is 19.0 Å². The van der Waals surface area contributed by atoms with Crippen molar-refractivity contribution in [2.45, 2.75) is 39.3 Å². The van der Waals surface area contributed by atoms with Crippen molar-refractivity contribution in [1.82, 2.24) is 14.9 Å². The number of aromatic nitrogens is 3. The molecule has 0 radical (unpaired) electrons. The smallest absolute Gasteiger partial charge is 0.359 e. The monoisotopic (exact) mass is 392 g/mol. The average Bonchev–Trinajstić information content (AvgIpc) is 3.20. The Balaban J connectivity index is 1.85. The van der Waals surface area contributed by atoms with Crippen molar-refractivity contribution < 1.29 is 22.5 Å². The second kappa shape index (κ2) is 6.81. The number of carbonyl (C=O) groups is 1. The molecule has 3 aromatic rings. The lowest BCUT2D eigenvalue weighted by atomic mass is 9.93. The average molecular weight is 392 g/mol. The third-order valence-corrected chi connectivity index (χ3v) is 4.16. The summed E-state index contributed by atoms with van der Waals surface area (Å²) in [6.07, 6.45) is -3.16. The summed E-state index contributed by atoms with van der Waals surface area (Å²) in [5, 5.41) is 10.5. The number of nitrogens with zero attached hydrogens (tertiary/aromatic N) is 3. The van der Waals surface area contributed by atoms with Crippen molar-refractivity contribution in [3.05, 3.63) is 59.1 Å². The first-order valence-electron chi connectivity index (χ1n) is 8.47. The molecule has 2 heterocycles. The van der Waals surface area contributed by atoms with Crippen LogP contribution in [0, 0.1) is 6.92 Å². The fourth-order valence-electron chi connectivity index (χ4n) is 2.58. The maximum Gasteiger partial charge on any atom is 0.416 e. The van der Waals surface area contributed by atoms with Crippen LogP contribution >= 0.6 is 0 Å². The Morgan fingerprint density at radius 1 is 1.18 bits per heavy atom. The molecule has 28 heavy (non-hydrogen) atoms. The molecule has 0 aliphatic carbocycles. The SMILES string of the molecule is Cc1c(C(=O)Nc2cc(C(C)(C)C)on2)cnn1-c1cccc(C(F)(F)F)c1. The van der Waals surface area contributed by atoms with E-state index >= 15 is 0 Å². The highest BCUT2D eigenvalue weighted by Gasteiger charge is 2.31. The molecular weight excluding hydrogens is 373 g/mol. The van der Waals surface area contributed by atoms with E-state index in [9.17, 15) is 18.0 Å². The molecule has 1 aromatic carbocycles. The summed E-state index contributed by atoms with van der Waals surface area (Å²) in [6.45, 7) is 7.44. The molecule has 0 saturated heterocycles. The van der Waals surface area contributed by atoms with Gasteiger partial charge in [0.05, 0.1) is 28.7 Å². The number of rotatable bonds is 3. The van der Waals surface area contributed by atoms with Crippen LogP contribution in [0.2, 0.25) is 0 Å². The molecule has 6 nitrogen and oxygen atoms in total. The number of hydrogen-bond donors (Lipinski definition) is 1. The summed E-state index contributed by atoms with van der Waals surface area (Å²) in [4.78, 5) is 12.5. The molecule has 1 amide bonds. The van der Waals surface area contributed by atoms with Crippen molar-refractivity contribution in [2.75, 3.05) is 5.32 Å². The molecule has 0 unspecified atom stereocenters. The van der Waals surface area contributed by atoms with Gasteiger partial charge in [-0.3, -0.25) is 4.79 Å². The Morgan fingerprint density at radius 3 is 2.50 bits per heavy atom. The zero-order chi connectivity index (χ0) is 20.7. The molecular formula is C19H19F3N4O2. The van der Waals surface area contributed by atoms with Crippen LogP contribution in [0.25, 0.3) is 5.69 Å². The zero-order valence-corrected chi connectivity index (χ0v) is 15.8. The third-order valence-electron chi connectivity index (χ3n) is 4.16. The van der Waals surface area contributed by atoms with Gasteiger partial charge in [0.25, 0.3) is 5.91 Å². The van der Waals surface area contributed by atoms with Gasteiger partial charge in [-0.1, -0.05) is 32.0 Å². The Labute approximate surface area is 159 Å². The predicted octanol–water partition coefficient (Wildman–Crippen LogP) is 4.74. The van der Waals surface area contributed by atoms with Gasteiger partial charge in [-0.2, -0.15) is 18.3 Å². The molecule has 3 rings (SSSR count). The molecule has 0 aliphatic heterocycles. The van der Waals surface area contributed by atoms with Crippen molar-refractivity contribution in [3.63, 3.8) is 0 Å². The standard InChI is InChI=1S/C19H19F3N4O2/c1-11-14(17(27)24-16-9-15(28-25-16)18(2,3)4)10-23-26(11)13-7-5-6-12(8-13)19(20,21)22/h5-10H,1-4H3,(H,24,25,27).